The first kappa shape index (κ1) is 9.99. The van der Waals surface area contributed by atoms with Crippen LogP contribution in [-0.2, 0) is 7.05 Å². The van der Waals surface area contributed by atoms with Crippen LogP contribution in [0.2, 0.25) is 0 Å². The highest BCUT2D eigenvalue weighted by molar-refractivity contribution is 5.98. The maximum absolute atomic E-state index is 12.3. The van der Waals surface area contributed by atoms with Crippen molar-refractivity contribution in [2.45, 2.75) is 6.04 Å². The lowest BCUT2D eigenvalue weighted by molar-refractivity contribution is 0.0156. The topological polar surface area (TPSA) is 41.4 Å². The van der Waals surface area contributed by atoms with E-state index >= 15 is 0 Å². The van der Waals surface area contributed by atoms with Crippen molar-refractivity contribution >= 4 is 5.78 Å². The molecule has 1 aromatic heterocycles. The van der Waals surface area contributed by atoms with Crippen molar-refractivity contribution in [3.8, 4) is 0 Å². The third-order valence-electron chi connectivity index (χ3n) is 3.55. The number of ketones is 1. The molecular weight excluding hydrogens is 204 g/mol. The Morgan fingerprint density at radius 1 is 1.38 bits per heavy atom. The first-order valence-corrected chi connectivity index (χ1v) is 5.74. The molecule has 3 aliphatic rings. The third kappa shape index (κ3) is 1.56. The Morgan fingerprint density at radius 2 is 2.12 bits per heavy atom. The predicted molar refractivity (Wildman–Crippen MR) is 59.3 cm³/mol. The first-order valence-electron chi connectivity index (χ1n) is 5.74. The molecule has 1 atom stereocenters. The van der Waals surface area contributed by atoms with Crippen LogP contribution < -0.4 is 0 Å². The summed E-state index contributed by atoms with van der Waals surface area (Å²) in [4.78, 5) is 16.9. The number of Topliss-reactive ketones (excluding diaryl/α,β-unsaturated/α-hetero) is 1. The van der Waals surface area contributed by atoms with Gasteiger partial charge in [-0.25, -0.2) is 0 Å². The van der Waals surface area contributed by atoms with Gasteiger partial charge >= 0.3 is 0 Å². The van der Waals surface area contributed by atoms with Crippen LogP contribution in [0.4, 0.5) is 0 Å². The first-order chi connectivity index (χ1) is 7.74. The number of aromatic nitrogens is 2. The molecular formula is C11H16N4O. The molecule has 0 amide bonds. The zero-order valence-corrected chi connectivity index (χ0v) is 9.46. The van der Waals surface area contributed by atoms with Crippen LogP contribution in [-0.4, -0.2) is 64.1 Å². The van der Waals surface area contributed by atoms with Crippen molar-refractivity contribution in [1.82, 2.24) is 19.6 Å². The van der Waals surface area contributed by atoms with Gasteiger partial charge in [-0.05, 0) is 6.07 Å². The number of hydrogen-bond acceptors (Lipinski definition) is 4. The molecule has 3 aliphatic heterocycles. The van der Waals surface area contributed by atoms with E-state index in [1.54, 1.807) is 10.7 Å². The highest BCUT2D eigenvalue weighted by Gasteiger charge is 2.37. The van der Waals surface area contributed by atoms with Crippen LogP contribution in [0.3, 0.4) is 0 Å². The number of piperazine rings is 3. The van der Waals surface area contributed by atoms with Crippen LogP contribution in [0, 0.1) is 0 Å². The average Bonchev–Trinajstić information content (AvgIpc) is 2.76. The van der Waals surface area contributed by atoms with Gasteiger partial charge in [-0.3, -0.25) is 19.3 Å². The highest BCUT2D eigenvalue weighted by atomic mass is 16.1. The molecule has 0 aromatic carbocycles. The van der Waals surface area contributed by atoms with Crippen molar-refractivity contribution in [2.75, 3.05) is 32.7 Å². The van der Waals surface area contributed by atoms with E-state index in [0.29, 0.717) is 5.69 Å². The lowest BCUT2D eigenvalue weighted by atomic mass is 10.0. The van der Waals surface area contributed by atoms with Gasteiger partial charge in [0.1, 0.15) is 5.69 Å². The number of rotatable bonds is 2. The van der Waals surface area contributed by atoms with E-state index < -0.39 is 0 Å². The van der Waals surface area contributed by atoms with Gasteiger partial charge in [0, 0.05) is 46.0 Å². The van der Waals surface area contributed by atoms with Crippen LogP contribution in [0.25, 0.3) is 0 Å². The number of carbonyl (C=O) groups excluding carboxylic acids is 1. The van der Waals surface area contributed by atoms with E-state index in [0.717, 1.165) is 32.7 Å². The monoisotopic (exact) mass is 220 g/mol. The van der Waals surface area contributed by atoms with Gasteiger partial charge in [0.25, 0.3) is 0 Å². The van der Waals surface area contributed by atoms with Crippen LogP contribution in [0.5, 0.6) is 0 Å². The Morgan fingerprint density at radius 3 is 2.62 bits per heavy atom. The molecule has 0 spiro atoms. The fourth-order valence-corrected chi connectivity index (χ4v) is 2.58. The van der Waals surface area contributed by atoms with E-state index in [9.17, 15) is 4.79 Å². The lowest BCUT2D eigenvalue weighted by Gasteiger charge is -2.46. The minimum Gasteiger partial charge on any atom is -0.299 e. The van der Waals surface area contributed by atoms with Crippen LogP contribution in [0.15, 0.2) is 12.3 Å². The summed E-state index contributed by atoms with van der Waals surface area (Å²) in [5.74, 6) is 0.171. The smallest absolute Gasteiger partial charge is 0.201 e. The largest absolute Gasteiger partial charge is 0.299 e. The summed E-state index contributed by atoms with van der Waals surface area (Å²) in [6.07, 6.45) is 1.82. The van der Waals surface area contributed by atoms with E-state index in [1.807, 2.05) is 13.2 Å². The van der Waals surface area contributed by atoms with Crippen molar-refractivity contribution in [3.05, 3.63) is 18.0 Å². The van der Waals surface area contributed by atoms with E-state index in [1.165, 1.54) is 0 Å². The SMILES string of the molecule is Cn1ccc(C(=O)C2CN3CCN2CC3)n1. The van der Waals surface area contributed by atoms with Crippen molar-refractivity contribution in [1.29, 1.82) is 0 Å². The summed E-state index contributed by atoms with van der Waals surface area (Å²) >= 11 is 0. The molecule has 4 rings (SSSR count). The Kier molecular flexibility index (Phi) is 2.29. The Labute approximate surface area is 94.6 Å². The molecule has 16 heavy (non-hydrogen) atoms. The highest BCUT2D eigenvalue weighted by Crippen LogP contribution is 2.18. The number of aryl methyl sites for hydroxylation is 1. The molecule has 3 fully saturated rings. The third-order valence-corrected chi connectivity index (χ3v) is 3.55. The minimum absolute atomic E-state index is 0.0254. The van der Waals surface area contributed by atoms with E-state index in [2.05, 4.69) is 14.9 Å². The summed E-state index contributed by atoms with van der Waals surface area (Å²) in [5, 5.41) is 4.19. The summed E-state index contributed by atoms with van der Waals surface area (Å²) in [6, 6.07) is 1.83. The summed E-state index contributed by atoms with van der Waals surface area (Å²) in [6.45, 7) is 5.11. The molecule has 3 saturated heterocycles. The van der Waals surface area contributed by atoms with Crippen LogP contribution in [0.1, 0.15) is 10.5 Å². The quantitative estimate of drug-likeness (QED) is 0.636. The zero-order valence-electron chi connectivity index (χ0n) is 9.46. The van der Waals surface area contributed by atoms with Gasteiger partial charge in [0.05, 0.1) is 6.04 Å². The lowest BCUT2D eigenvalue weighted by Crippen LogP contribution is -2.63. The van der Waals surface area contributed by atoms with Crippen molar-refractivity contribution in [3.63, 3.8) is 0 Å². The van der Waals surface area contributed by atoms with Crippen molar-refractivity contribution in [2.24, 2.45) is 7.05 Å². The Bertz CT molecular complexity index is 406. The van der Waals surface area contributed by atoms with E-state index in [4.69, 9.17) is 0 Å². The van der Waals surface area contributed by atoms with Gasteiger partial charge in [-0.2, -0.15) is 5.10 Å². The normalized spacial score (nSPS) is 32.9. The molecule has 5 nitrogen and oxygen atoms in total. The fourth-order valence-electron chi connectivity index (χ4n) is 2.58. The maximum atomic E-state index is 12.3. The second-order valence-corrected chi connectivity index (χ2v) is 4.59. The van der Waals surface area contributed by atoms with Gasteiger partial charge in [-0.1, -0.05) is 0 Å². The van der Waals surface area contributed by atoms with Crippen LogP contribution >= 0.6 is 0 Å². The molecule has 2 bridgehead atoms. The standard InChI is InChI=1S/C11H16N4O/c1-13-3-2-9(12-13)11(16)10-8-14-4-6-15(10)7-5-14/h2-3,10H,4-8H2,1H3. The van der Waals surface area contributed by atoms with E-state index in [-0.39, 0.29) is 11.8 Å². The number of hydrogen-bond donors (Lipinski definition) is 0. The molecule has 1 unspecified atom stereocenters. The summed E-state index contributed by atoms with van der Waals surface area (Å²) in [5.41, 5.74) is 0.598. The maximum Gasteiger partial charge on any atom is 0.201 e. The molecule has 1 aromatic rings. The molecule has 4 heterocycles. The molecule has 0 saturated carbocycles. The molecule has 5 heteroatoms. The number of nitrogens with zero attached hydrogens (tertiary/aromatic N) is 4. The van der Waals surface area contributed by atoms with Gasteiger partial charge in [0.2, 0.25) is 5.78 Å². The zero-order chi connectivity index (χ0) is 11.1. The summed E-state index contributed by atoms with van der Waals surface area (Å²) in [7, 11) is 1.84. The molecule has 0 N–H and O–H groups in total. The molecule has 0 aliphatic carbocycles. The van der Waals surface area contributed by atoms with Crippen molar-refractivity contribution < 1.29 is 4.79 Å². The van der Waals surface area contributed by atoms with Gasteiger partial charge in [-0.15, -0.1) is 0 Å². The molecule has 0 radical (unpaired) electrons. The second-order valence-electron chi connectivity index (χ2n) is 4.59. The number of fused-ring (bicyclic) bond motifs is 3. The molecule has 86 valence electrons. The minimum atomic E-state index is 0.0254. The Hall–Kier alpha value is -1.20. The second kappa shape index (κ2) is 3.68. The number of carbonyl (C=O) groups is 1. The fraction of sp³-hybridized carbons (Fsp3) is 0.636. The predicted octanol–water partition coefficient (Wildman–Crippen LogP) is -0.397. The van der Waals surface area contributed by atoms with Gasteiger partial charge in [0.15, 0.2) is 0 Å². The Balaban J connectivity index is 1.80. The summed E-state index contributed by atoms with van der Waals surface area (Å²) < 4.78 is 1.68. The average molecular weight is 220 g/mol. The van der Waals surface area contributed by atoms with Gasteiger partial charge < -0.3 is 0 Å².